The summed E-state index contributed by atoms with van der Waals surface area (Å²) in [6.45, 7) is 4.07. The Hall–Kier alpha value is -1.30. The molecule has 0 aliphatic rings. The van der Waals surface area contributed by atoms with Crippen LogP contribution in [0.15, 0.2) is 12.2 Å². The SMILES string of the molecule is CCCCC[C@@H](/C=C/C#N)OC(=O)CCC. The molecule has 0 bridgehead atoms. The first-order chi connectivity index (χ1) is 7.74. The number of allylic oxidation sites excluding steroid dienone is 1. The van der Waals surface area contributed by atoms with Gasteiger partial charge in [0, 0.05) is 12.5 Å². The predicted molar refractivity (Wildman–Crippen MR) is 63.7 cm³/mol. The van der Waals surface area contributed by atoms with Crippen molar-refractivity contribution in [3.05, 3.63) is 12.2 Å². The van der Waals surface area contributed by atoms with Crippen molar-refractivity contribution in [3.63, 3.8) is 0 Å². The van der Waals surface area contributed by atoms with E-state index in [4.69, 9.17) is 10.00 Å². The average Bonchev–Trinajstić information content (AvgIpc) is 2.26. The minimum atomic E-state index is -0.231. The summed E-state index contributed by atoms with van der Waals surface area (Å²) in [7, 11) is 0. The minimum absolute atomic E-state index is 0.174. The first-order valence-electron chi connectivity index (χ1n) is 6.00. The molecule has 90 valence electrons. The average molecular weight is 223 g/mol. The minimum Gasteiger partial charge on any atom is -0.458 e. The Morgan fingerprint density at radius 1 is 1.38 bits per heavy atom. The number of hydrogen-bond donors (Lipinski definition) is 0. The standard InChI is InChI=1S/C13H21NO2/c1-3-5-6-9-12(10-7-11-14)16-13(15)8-4-2/h7,10,12H,3-6,8-9H2,1-2H3/b10-7+/t12-/m0/s1. The molecular weight excluding hydrogens is 202 g/mol. The molecule has 0 aromatic heterocycles. The largest absolute Gasteiger partial charge is 0.458 e. The number of rotatable bonds is 8. The fraction of sp³-hybridized carbons (Fsp3) is 0.692. The van der Waals surface area contributed by atoms with Crippen LogP contribution in [0.4, 0.5) is 0 Å². The summed E-state index contributed by atoms with van der Waals surface area (Å²) >= 11 is 0. The normalized spacial score (nSPS) is 12.3. The highest BCUT2D eigenvalue weighted by molar-refractivity contribution is 5.69. The van der Waals surface area contributed by atoms with Crippen molar-refractivity contribution < 1.29 is 9.53 Å². The van der Waals surface area contributed by atoms with Crippen molar-refractivity contribution in [2.45, 2.75) is 58.5 Å². The molecule has 0 heterocycles. The summed E-state index contributed by atoms with van der Waals surface area (Å²) in [6, 6.07) is 1.92. The number of ether oxygens (including phenoxy) is 1. The van der Waals surface area contributed by atoms with E-state index < -0.39 is 0 Å². The molecule has 16 heavy (non-hydrogen) atoms. The number of unbranched alkanes of at least 4 members (excludes halogenated alkanes) is 2. The highest BCUT2D eigenvalue weighted by Crippen LogP contribution is 2.09. The van der Waals surface area contributed by atoms with E-state index in [1.54, 1.807) is 6.08 Å². The van der Waals surface area contributed by atoms with Gasteiger partial charge >= 0.3 is 5.97 Å². The van der Waals surface area contributed by atoms with Crippen molar-refractivity contribution in [1.82, 2.24) is 0 Å². The highest BCUT2D eigenvalue weighted by Gasteiger charge is 2.10. The van der Waals surface area contributed by atoms with E-state index in [0.29, 0.717) is 6.42 Å². The van der Waals surface area contributed by atoms with Gasteiger partial charge in [0.05, 0.1) is 6.07 Å². The van der Waals surface area contributed by atoms with Gasteiger partial charge in [-0.3, -0.25) is 4.79 Å². The van der Waals surface area contributed by atoms with Gasteiger partial charge in [0.1, 0.15) is 6.10 Å². The van der Waals surface area contributed by atoms with Gasteiger partial charge in [-0.1, -0.05) is 26.7 Å². The zero-order valence-electron chi connectivity index (χ0n) is 10.2. The maximum atomic E-state index is 11.3. The topological polar surface area (TPSA) is 50.1 Å². The lowest BCUT2D eigenvalue weighted by molar-refractivity contribution is -0.147. The van der Waals surface area contributed by atoms with Gasteiger partial charge in [0.2, 0.25) is 0 Å². The molecule has 0 saturated heterocycles. The molecule has 0 radical (unpaired) electrons. The van der Waals surface area contributed by atoms with Crippen molar-refractivity contribution in [2.75, 3.05) is 0 Å². The second-order valence-corrected chi connectivity index (χ2v) is 3.76. The van der Waals surface area contributed by atoms with Crippen LogP contribution in [-0.4, -0.2) is 12.1 Å². The monoisotopic (exact) mass is 223 g/mol. The smallest absolute Gasteiger partial charge is 0.306 e. The molecule has 1 atom stereocenters. The van der Waals surface area contributed by atoms with Gasteiger partial charge in [-0.15, -0.1) is 0 Å². The number of hydrogen-bond acceptors (Lipinski definition) is 3. The quantitative estimate of drug-likeness (QED) is 0.360. The van der Waals surface area contributed by atoms with Crippen molar-refractivity contribution in [2.24, 2.45) is 0 Å². The van der Waals surface area contributed by atoms with Gasteiger partial charge in [0.15, 0.2) is 0 Å². The fourth-order valence-corrected chi connectivity index (χ4v) is 1.37. The highest BCUT2D eigenvalue weighted by atomic mass is 16.5. The molecule has 3 nitrogen and oxygen atoms in total. The van der Waals surface area contributed by atoms with Crippen LogP contribution < -0.4 is 0 Å². The zero-order valence-corrected chi connectivity index (χ0v) is 10.2. The van der Waals surface area contributed by atoms with Gasteiger partial charge in [-0.05, 0) is 25.3 Å². The molecule has 0 aromatic rings. The maximum Gasteiger partial charge on any atom is 0.306 e. The molecule has 0 amide bonds. The Morgan fingerprint density at radius 3 is 2.69 bits per heavy atom. The van der Waals surface area contributed by atoms with Crippen LogP contribution in [-0.2, 0) is 9.53 Å². The van der Waals surface area contributed by atoms with E-state index in [1.165, 1.54) is 6.08 Å². The first kappa shape index (κ1) is 14.7. The molecule has 0 aromatic carbocycles. The Kier molecular flexibility index (Phi) is 9.39. The Labute approximate surface area is 98.1 Å². The maximum absolute atomic E-state index is 11.3. The molecule has 0 saturated carbocycles. The second-order valence-electron chi connectivity index (χ2n) is 3.76. The van der Waals surface area contributed by atoms with Crippen LogP contribution in [0.25, 0.3) is 0 Å². The van der Waals surface area contributed by atoms with E-state index in [-0.39, 0.29) is 12.1 Å². The van der Waals surface area contributed by atoms with Crippen LogP contribution in [0.1, 0.15) is 52.4 Å². The third kappa shape index (κ3) is 8.05. The molecule has 3 heteroatoms. The molecular formula is C13H21NO2. The molecule has 0 fully saturated rings. The lowest BCUT2D eigenvalue weighted by atomic mass is 10.1. The van der Waals surface area contributed by atoms with E-state index in [0.717, 1.165) is 32.1 Å². The molecule has 0 N–H and O–H groups in total. The molecule has 0 unspecified atom stereocenters. The van der Waals surface area contributed by atoms with Crippen molar-refractivity contribution in [1.29, 1.82) is 5.26 Å². The molecule has 0 spiro atoms. The third-order valence-electron chi connectivity index (χ3n) is 2.21. The molecule has 0 aliphatic heterocycles. The van der Waals surface area contributed by atoms with E-state index in [2.05, 4.69) is 6.92 Å². The number of carbonyl (C=O) groups excluding carboxylic acids is 1. The molecule has 0 rings (SSSR count). The van der Waals surface area contributed by atoms with Gasteiger partial charge < -0.3 is 4.74 Å². The van der Waals surface area contributed by atoms with E-state index >= 15 is 0 Å². The van der Waals surface area contributed by atoms with E-state index in [1.807, 2.05) is 13.0 Å². The van der Waals surface area contributed by atoms with Gasteiger partial charge in [0.25, 0.3) is 0 Å². The number of carbonyl (C=O) groups is 1. The Balaban J connectivity index is 4.05. The summed E-state index contributed by atoms with van der Waals surface area (Å²) in [5.74, 6) is -0.174. The predicted octanol–water partition coefficient (Wildman–Crippen LogP) is 3.36. The van der Waals surface area contributed by atoms with Crippen LogP contribution in [0.3, 0.4) is 0 Å². The van der Waals surface area contributed by atoms with Crippen molar-refractivity contribution >= 4 is 5.97 Å². The number of nitriles is 1. The van der Waals surface area contributed by atoms with Gasteiger partial charge in [-0.25, -0.2) is 0 Å². The fourth-order valence-electron chi connectivity index (χ4n) is 1.37. The summed E-state index contributed by atoms with van der Waals surface area (Å²) in [5, 5.41) is 8.45. The molecule has 0 aliphatic carbocycles. The second kappa shape index (κ2) is 10.2. The van der Waals surface area contributed by atoms with Crippen LogP contribution in [0.2, 0.25) is 0 Å². The Bertz CT molecular complexity index is 253. The van der Waals surface area contributed by atoms with Crippen LogP contribution >= 0.6 is 0 Å². The van der Waals surface area contributed by atoms with E-state index in [9.17, 15) is 4.79 Å². The lowest BCUT2D eigenvalue weighted by Gasteiger charge is -2.13. The first-order valence-corrected chi connectivity index (χ1v) is 6.00. The summed E-state index contributed by atoms with van der Waals surface area (Å²) in [4.78, 5) is 11.3. The lowest BCUT2D eigenvalue weighted by Crippen LogP contribution is -2.15. The summed E-state index contributed by atoms with van der Waals surface area (Å²) in [5.41, 5.74) is 0. The third-order valence-corrected chi connectivity index (χ3v) is 2.21. The van der Waals surface area contributed by atoms with Crippen molar-refractivity contribution in [3.8, 4) is 6.07 Å². The number of esters is 1. The zero-order chi connectivity index (χ0) is 12.2. The van der Waals surface area contributed by atoms with Crippen LogP contribution in [0, 0.1) is 11.3 Å². The van der Waals surface area contributed by atoms with Crippen LogP contribution in [0.5, 0.6) is 0 Å². The number of nitrogens with zero attached hydrogens (tertiary/aromatic N) is 1. The van der Waals surface area contributed by atoms with Gasteiger partial charge in [-0.2, -0.15) is 5.26 Å². The Morgan fingerprint density at radius 2 is 2.12 bits per heavy atom. The summed E-state index contributed by atoms with van der Waals surface area (Å²) < 4.78 is 5.26. The summed E-state index contributed by atoms with van der Waals surface area (Å²) in [6.07, 6.45) is 8.16.